The minimum Gasteiger partial charge on any atom is -0.457 e. The Morgan fingerprint density at radius 1 is 1.19 bits per heavy atom. The number of amidine groups is 1. The molecule has 0 amide bonds. The van der Waals surface area contributed by atoms with Gasteiger partial charge in [-0.25, -0.2) is 0 Å². The summed E-state index contributed by atoms with van der Waals surface area (Å²) in [5.41, 5.74) is 6.47. The van der Waals surface area contributed by atoms with E-state index >= 15 is 0 Å². The van der Waals surface area contributed by atoms with Crippen molar-refractivity contribution in [3.05, 3.63) is 54.6 Å². The van der Waals surface area contributed by atoms with Crippen LogP contribution in [0.15, 0.2) is 59.8 Å². The van der Waals surface area contributed by atoms with E-state index in [0.717, 1.165) is 17.2 Å². The maximum absolute atomic E-state index is 8.63. The Balaban J connectivity index is 1.98. The average molecular weight is 285 g/mol. The normalized spacial score (nSPS) is 12.7. The second-order valence-corrected chi connectivity index (χ2v) is 4.75. The molecule has 5 nitrogen and oxygen atoms in total. The van der Waals surface area contributed by atoms with Gasteiger partial charge < -0.3 is 21.0 Å². The van der Waals surface area contributed by atoms with Crippen LogP contribution in [0.4, 0.5) is 5.69 Å². The van der Waals surface area contributed by atoms with Crippen LogP contribution in [0, 0.1) is 5.92 Å². The van der Waals surface area contributed by atoms with Gasteiger partial charge >= 0.3 is 0 Å². The van der Waals surface area contributed by atoms with Crippen LogP contribution in [0.3, 0.4) is 0 Å². The molecule has 0 aliphatic heterocycles. The van der Waals surface area contributed by atoms with Crippen LogP contribution in [-0.2, 0) is 0 Å². The van der Waals surface area contributed by atoms with Crippen molar-refractivity contribution in [3.8, 4) is 11.5 Å². The van der Waals surface area contributed by atoms with E-state index in [1.54, 1.807) is 0 Å². The molecule has 0 radical (unpaired) electrons. The molecule has 2 aromatic rings. The number of hydrogen-bond acceptors (Lipinski definition) is 4. The molecule has 0 fully saturated rings. The van der Waals surface area contributed by atoms with Crippen LogP contribution in [0.25, 0.3) is 0 Å². The van der Waals surface area contributed by atoms with Crippen LogP contribution >= 0.6 is 0 Å². The van der Waals surface area contributed by atoms with Gasteiger partial charge in [0.05, 0.1) is 0 Å². The molecule has 5 heteroatoms. The summed E-state index contributed by atoms with van der Waals surface area (Å²) in [4.78, 5) is 0. The predicted molar refractivity (Wildman–Crippen MR) is 84.0 cm³/mol. The van der Waals surface area contributed by atoms with Crippen LogP contribution < -0.4 is 15.8 Å². The van der Waals surface area contributed by atoms with E-state index in [0.29, 0.717) is 6.54 Å². The summed E-state index contributed by atoms with van der Waals surface area (Å²) in [6.45, 7) is 2.46. The Kier molecular flexibility index (Phi) is 5.04. The third kappa shape index (κ3) is 4.42. The highest BCUT2D eigenvalue weighted by Crippen LogP contribution is 2.23. The summed E-state index contributed by atoms with van der Waals surface area (Å²) in [6, 6.07) is 17.3. The summed E-state index contributed by atoms with van der Waals surface area (Å²) in [5, 5.41) is 14.9. The van der Waals surface area contributed by atoms with Crippen molar-refractivity contribution in [2.45, 2.75) is 6.92 Å². The number of benzene rings is 2. The van der Waals surface area contributed by atoms with Crippen LogP contribution in [-0.4, -0.2) is 17.6 Å². The molecule has 0 heterocycles. The highest BCUT2D eigenvalue weighted by molar-refractivity contribution is 5.82. The Bertz CT molecular complexity index is 599. The molecular formula is C16H19N3O2. The average Bonchev–Trinajstić information content (AvgIpc) is 2.53. The number of nitrogens with one attached hydrogen (secondary N) is 1. The molecule has 0 aliphatic rings. The first-order chi connectivity index (χ1) is 10.2. The molecule has 4 N–H and O–H groups in total. The second kappa shape index (κ2) is 7.19. The molecule has 0 spiro atoms. The highest BCUT2D eigenvalue weighted by Gasteiger charge is 2.07. The first-order valence-corrected chi connectivity index (χ1v) is 6.73. The SMILES string of the molecule is CC(CNc1cccc(Oc2ccccc2)c1)C(N)=NO. The number of para-hydroxylation sites is 1. The standard InChI is InChI=1S/C16H19N3O2/c1-12(16(17)19-20)11-18-13-6-5-9-15(10-13)21-14-7-3-2-4-8-14/h2-10,12,18,20H,11H2,1H3,(H2,17,19). The number of anilines is 1. The Morgan fingerprint density at radius 3 is 2.62 bits per heavy atom. The molecule has 2 rings (SSSR count). The van der Waals surface area contributed by atoms with Crippen LogP contribution in [0.5, 0.6) is 11.5 Å². The fraction of sp³-hybridized carbons (Fsp3) is 0.188. The minimum atomic E-state index is -0.0614. The Morgan fingerprint density at radius 2 is 1.90 bits per heavy atom. The molecule has 21 heavy (non-hydrogen) atoms. The summed E-state index contributed by atoms with van der Waals surface area (Å²) < 4.78 is 5.77. The van der Waals surface area contributed by atoms with Gasteiger partial charge in [-0.05, 0) is 24.3 Å². The first kappa shape index (κ1) is 14.7. The van der Waals surface area contributed by atoms with E-state index in [1.807, 2.05) is 61.5 Å². The van der Waals surface area contributed by atoms with Gasteiger partial charge in [-0.1, -0.05) is 36.3 Å². The molecule has 0 bridgehead atoms. The number of oxime groups is 1. The lowest BCUT2D eigenvalue weighted by molar-refractivity contribution is 0.315. The quantitative estimate of drug-likeness (QED) is 0.329. The van der Waals surface area contributed by atoms with Crippen molar-refractivity contribution in [2.75, 3.05) is 11.9 Å². The minimum absolute atomic E-state index is 0.0614. The fourth-order valence-electron chi connectivity index (χ4n) is 1.77. The van der Waals surface area contributed by atoms with E-state index < -0.39 is 0 Å². The lowest BCUT2D eigenvalue weighted by Gasteiger charge is -2.13. The smallest absolute Gasteiger partial charge is 0.143 e. The van der Waals surface area contributed by atoms with Gasteiger partial charge in [0.25, 0.3) is 0 Å². The summed E-state index contributed by atoms with van der Waals surface area (Å²) in [5.74, 6) is 1.69. The van der Waals surface area contributed by atoms with E-state index in [4.69, 9.17) is 15.7 Å². The topological polar surface area (TPSA) is 79.9 Å². The van der Waals surface area contributed by atoms with Gasteiger partial charge in [0, 0.05) is 24.2 Å². The fourth-order valence-corrected chi connectivity index (χ4v) is 1.77. The van der Waals surface area contributed by atoms with Crippen molar-refractivity contribution < 1.29 is 9.94 Å². The number of hydrogen-bond donors (Lipinski definition) is 3. The molecule has 2 aromatic carbocycles. The van der Waals surface area contributed by atoms with E-state index in [-0.39, 0.29) is 11.8 Å². The molecule has 0 saturated heterocycles. The predicted octanol–water partition coefficient (Wildman–Crippen LogP) is 3.27. The van der Waals surface area contributed by atoms with E-state index in [9.17, 15) is 0 Å². The molecule has 0 saturated carbocycles. The third-order valence-corrected chi connectivity index (χ3v) is 3.05. The Hall–Kier alpha value is -2.69. The monoisotopic (exact) mass is 285 g/mol. The first-order valence-electron chi connectivity index (χ1n) is 6.73. The summed E-state index contributed by atoms with van der Waals surface area (Å²) >= 11 is 0. The van der Waals surface area contributed by atoms with Crippen molar-refractivity contribution in [3.63, 3.8) is 0 Å². The summed E-state index contributed by atoms with van der Waals surface area (Å²) in [7, 11) is 0. The Labute approximate surface area is 124 Å². The lowest BCUT2D eigenvalue weighted by atomic mass is 10.1. The van der Waals surface area contributed by atoms with Crippen molar-refractivity contribution in [1.82, 2.24) is 0 Å². The molecule has 0 aromatic heterocycles. The van der Waals surface area contributed by atoms with Gasteiger partial charge in [0.15, 0.2) is 0 Å². The van der Waals surface area contributed by atoms with Gasteiger partial charge in [0.2, 0.25) is 0 Å². The van der Waals surface area contributed by atoms with Gasteiger partial charge in [-0.15, -0.1) is 0 Å². The molecule has 1 atom stereocenters. The highest BCUT2D eigenvalue weighted by atomic mass is 16.5. The second-order valence-electron chi connectivity index (χ2n) is 4.75. The van der Waals surface area contributed by atoms with Gasteiger partial charge in [-0.3, -0.25) is 0 Å². The summed E-state index contributed by atoms with van der Waals surface area (Å²) in [6.07, 6.45) is 0. The van der Waals surface area contributed by atoms with Crippen molar-refractivity contribution >= 4 is 11.5 Å². The number of nitrogens with two attached hydrogens (primary N) is 1. The van der Waals surface area contributed by atoms with Crippen LogP contribution in [0.1, 0.15) is 6.92 Å². The molecule has 1 unspecified atom stereocenters. The number of ether oxygens (including phenoxy) is 1. The maximum Gasteiger partial charge on any atom is 0.143 e. The number of rotatable bonds is 6. The molecule has 110 valence electrons. The number of nitrogens with zero attached hydrogens (tertiary/aromatic N) is 1. The van der Waals surface area contributed by atoms with Crippen LogP contribution in [0.2, 0.25) is 0 Å². The van der Waals surface area contributed by atoms with E-state index in [1.165, 1.54) is 0 Å². The van der Waals surface area contributed by atoms with Crippen molar-refractivity contribution in [2.24, 2.45) is 16.8 Å². The molecule has 0 aliphatic carbocycles. The maximum atomic E-state index is 8.63. The largest absolute Gasteiger partial charge is 0.457 e. The molecular weight excluding hydrogens is 266 g/mol. The lowest BCUT2D eigenvalue weighted by Crippen LogP contribution is -2.27. The third-order valence-electron chi connectivity index (χ3n) is 3.05. The zero-order valence-corrected chi connectivity index (χ0v) is 11.9. The zero-order chi connectivity index (χ0) is 15.1. The van der Waals surface area contributed by atoms with Crippen molar-refractivity contribution in [1.29, 1.82) is 0 Å². The van der Waals surface area contributed by atoms with E-state index in [2.05, 4.69) is 10.5 Å². The van der Waals surface area contributed by atoms with Gasteiger partial charge in [0.1, 0.15) is 17.3 Å². The zero-order valence-electron chi connectivity index (χ0n) is 11.9. The van der Waals surface area contributed by atoms with Gasteiger partial charge in [-0.2, -0.15) is 0 Å².